The summed E-state index contributed by atoms with van der Waals surface area (Å²) in [5, 5.41) is 11.1. The van der Waals surface area contributed by atoms with Gasteiger partial charge in [0.25, 0.3) is 0 Å². The van der Waals surface area contributed by atoms with Gasteiger partial charge in [-0.25, -0.2) is 14.6 Å². The first kappa shape index (κ1) is 16.9. The van der Waals surface area contributed by atoms with Crippen LogP contribution in [-0.4, -0.2) is 43.2 Å². The predicted octanol–water partition coefficient (Wildman–Crippen LogP) is 1.29. The summed E-state index contributed by atoms with van der Waals surface area (Å²) < 4.78 is 12.9. The maximum Gasteiger partial charge on any atom is 0.171 e. The molecule has 9 heteroatoms. The SMILES string of the molecule is CCOc1ccc(C(N)c2n[nH]c(Cn3cncn3)n2)cc1OCC. The molecule has 2 heterocycles. The molecule has 0 amide bonds. The molecule has 0 spiro atoms. The highest BCUT2D eigenvalue weighted by Gasteiger charge is 2.17. The first-order valence-electron chi connectivity index (χ1n) is 8.10. The van der Waals surface area contributed by atoms with E-state index in [-0.39, 0.29) is 0 Å². The van der Waals surface area contributed by atoms with Gasteiger partial charge >= 0.3 is 0 Å². The number of aromatic amines is 1. The van der Waals surface area contributed by atoms with Crippen molar-refractivity contribution in [1.82, 2.24) is 29.9 Å². The van der Waals surface area contributed by atoms with E-state index >= 15 is 0 Å². The molecule has 0 fully saturated rings. The molecule has 25 heavy (non-hydrogen) atoms. The topological polar surface area (TPSA) is 117 Å². The molecule has 132 valence electrons. The third-order valence-corrected chi connectivity index (χ3v) is 3.53. The van der Waals surface area contributed by atoms with Gasteiger partial charge in [-0.3, -0.25) is 5.10 Å². The van der Waals surface area contributed by atoms with E-state index < -0.39 is 6.04 Å². The number of rotatable bonds is 8. The Balaban J connectivity index is 1.79. The minimum Gasteiger partial charge on any atom is -0.490 e. The van der Waals surface area contributed by atoms with Crippen molar-refractivity contribution in [2.24, 2.45) is 5.73 Å². The van der Waals surface area contributed by atoms with Crippen molar-refractivity contribution in [2.45, 2.75) is 26.4 Å². The molecule has 0 saturated heterocycles. The Morgan fingerprint density at radius 3 is 2.72 bits per heavy atom. The van der Waals surface area contributed by atoms with Crippen molar-refractivity contribution >= 4 is 0 Å². The monoisotopic (exact) mass is 343 g/mol. The summed E-state index contributed by atoms with van der Waals surface area (Å²) in [6.07, 6.45) is 3.08. The van der Waals surface area contributed by atoms with Crippen molar-refractivity contribution < 1.29 is 9.47 Å². The van der Waals surface area contributed by atoms with Gasteiger partial charge in [0.05, 0.1) is 19.3 Å². The first-order valence-corrected chi connectivity index (χ1v) is 8.10. The smallest absolute Gasteiger partial charge is 0.171 e. The van der Waals surface area contributed by atoms with Crippen molar-refractivity contribution in [1.29, 1.82) is 0 Å². The van der Waals surface area contributed by atoms with Crippen LogP contribution in [0.4, 0.5) is 0 Å². The van der Waals surface area contributed by atoms with Crippen LogP contribution in [0.25, 0.3) is 0 Å². The Bertz CT molecular complexity index is 801. The Morgan fingerprint density at radius 2 is 2.00 bits per heavy atom. The number of hydrogen-bond donors (Lipinski definition) is 2. The van der Waals surface area contributed by atoms with Crippen molar-refractivity contribution in [2.75, 3.05) is 13.2 Å². The number of ether oxygens (including phenoxy) is 2. The Hall–Kier alpha value is -2.94. The summed E-state index contributed by atoms with van der Waals surface area (Å²) in [5.74, 6) is 2.52. The molecule has 2 aromatic heterocycles. The molecule has 0 saturated carbocycles. The predicted molar refractivity (Wildman–Crippen MR) is 90.3 cm³/mol. The van der Waals surface area contributed by atoms with Crippen LogP contribution in [0.3, 0.4) is 0 Å². The summed E-state index contributed by atoms with van der Waals surface area (Å²) >= 11 is 0. The van der Waals surface area contributed by atoms with Gasteiger partial charge in [-0.05, 0) is 31.5 Å². The quantitative estimate of drug-likeness (QED) is 0.633. The van der Waals surface area contributed by atoms with E-state index in [4.69, 9.17) is 15.2 Å². The van der Waals surface area contributed by atoms with Gasteiger partial charge in [-0.1, -0.05) is 6.07 Å². The van der Waals surface area contributed by atoms with Crippen molar-refractivity contribution in [3.63, 3.8) is 0 Å². The molecule has 1 atom stereocenters. The van der Waals surface area contributed by atoms with Crippen LogP contribution in [0.15, 0.2) is 30.9 Å². The summed E-state index contributed by atoms with van der Waals surface area (Å²) in [5.41, 5.74) is 7.16. The van der Waals surface area contributed by atoms with Gasteiger partial charge in [-0.15, -0.1) is 0 Å². The number of nitrogens with one attached hydrogen (secondary N) is 1. The summed E-state index contributed by atoms with van der Waals surface area (Å²) in [4.78, 5) is 8.34. The lowest BCUT2D eigenvalue weighted by atomic mass is 10.1. The fourth-order valence-corrected chi connectivity index (χ4v) is 2.40. The molecule has 0 bridgehead atoms. The maximum absolute atomic E-state index is 6.32. The molecule has 0 aliphatic heterocycles. The number of nitrogens with zero attached hydrogens (tertiary/aromatic N) is 5. The van der Waals surface area contributed by atoms with Crippen LogP contribution in [0.1, 0.15) is 37.1 Å². The van der Waals surface area contributed by atoms with E-state index in [9.17, 15) is 0 Å². The second kappa shape index (κ2) is 7.75. The van der Waals surface area contributed by atoms with Crippen LogP contribution in [0.5, 0.6) is 11.5 Å². The fourth-order valence-electron chi connectivity index (χ4n) is 2.40. The molecule has 0 radical (unpaired) electrons. The lowest BCUT2D eigenvalue weighted by molar-refractivity contribution is 0.287. The normalized spacial score (nSPS) is 12.1. The van der Waals surface area contributed by atoms with Crippen LogP contribution in [-0.2, 0) is 6.54 Å². The molecular formula is C16H21N7O2. The van der Waals surface area contributed by atoms with Gasteiger partial charge in [0.1, 0.15) is 25.0 Å². The van der Waals surface area contributed by atoms with Crippen LogP contribution < -0.4 is 15.2 Å². The van der Waals surface area contributed by atoms with E-state index in [1.807, 2.05) is 32.0 Å². The van der Waals surface area contributed by atoms with Gasteiger partial charge in [0.15, 0.2) is 17.3 Å². The lowest BCUT2D eigenvalue weighted by Crippen LogP contribution is -2.14. The third kappa shape index (κ3) is 3.94. The van der Waals surface area contributed by atoms with Crippen LogP contribution in [0.2, 0.25) is 0 Å². The number of aromatic nitrogens is 6. The minimum absolute atomic E-state index is 0.452. The Kier molecular flexibility index (Phi) is 5.24. The van der Waals surface area contributed by atoms with Crippen molar-refractivity contribution in [3.8, 4) is 11.5 Å². The van der Waals surface area contributed by atoms with E-state index in [2.05, 4.69) is 25.3 Å². The Morgan fingerprint density at radius 1 is 1.20 bits per heavy atom. The second-order valence-corrected chi connectivity index (χ2v) is 5.28. The zero-order valence-electron chi connectivity index (χ0n) is 14.2. The number of H-pyrrole nitrogens is 1. The summed E-state index contributed by atoms with van der Waals surface area (Å²) in [6, 6.07) is 5.14. The van der Waals surface area contributed by atoms with Crippen molar-refractivity contribution in [3.05, 3.63) is 48.1 Å². The van der Waals surface area contributed by atoms with Crippen LogP contribution in [0, 0.1) is 0 Å². The highest BCUT2D eigenvalue weighted by Crippen LogP contribution is 2.31. The highest BCUT2D eigenvalue weighted by molar-refractivity contribution is 5.44. The minimum atomic E-state index is -0.476. The van der Waals surface area contributed by atoms with E-state index in [0.29, 0.717) is 42.9 Å². The van der Waals surface area contributed by atoms with E-state index in [0.717, 1.165) is 5.56 Å². The van der Waals surface area contributed by atoms with E-state index in [1.165, 1.54) is 6.33 Å². The van der Waals surface area contributed by atoms with Gasteiger partial charge in [-0.2, -0.15) is 10.2 Å². The van der Waals surface area contributed by atoms with Crippen LogP contribution >= 0.6 is 0 Å². The molecule has 0 aliphatic rings. The third-order valence-electron chi connectivity index (χ3n) is 3.53. The average Bonchev–Trinajstić information content (AvgIpc) is 3.29. The standard InChI is InChI=1S/C16H21N7O2/c1-3-24-12-6-5-11(7-13(12)25-4-2)15(17)16-20-14(21-22-16)8-23-10-18-9-19-23/h5-7,9-10,15H,3-4,8,17H2,1-2H3,(H,20,21,22). The van der Waals surface area contributed by atoms with Gasteiger partial charge < -0.3 is 15.2 Å². The van der Waals surface area contributed by atoms with Gasteiger partial charge in [0.2, 0.25) is 0 Å². The molecule has 9 nitrogen and oxygen atoms in total. The first-order chi connectivity index (χ1) is 12.2. The maximum atomic E-state index is 6.32. The number of hydrogen-bond acceptors (Lipinski definition) is 7. The van der Waals surface area contributed by atoms with E-state index in [1.54, 1.807) is 11.0 Å². The molecule has 3 N–H and O–H groups in total. The molecule has 1 aromatic carbocycles. The zero-order valence-corrected chi connectivity index (χ0v) is 14.2. The lowest BCUT2D eigenvalue weighted by Gasteiger charge is -2.14. The second-order valence-electron chi connectivity index (χ2n) is 5.28. The van der Waals surface area contributed by atoms with Gasteiger partial charge in [0, 0.05) is 0 Å². The molecule has 1 unspecified atom stereocenters. The average molecular weight is 343 g/mol. The summed E-state index contributed by atoms with van der Waals surface area (Å²) in [7, 11) is 0. The number of benzene rings is 1. The molecule has 3 rings (SSSR count). The molecular weight excluding hydrogens is 322 g/mol. The Labute approximate surface area is 145 Å². The number of nitrogens with two attached hydrogens (primary N) is 1. The fraction of sp³-hybridized carbons (Fsp3) is 0.375. The summed E-state index contributed by atoms with van der Waals surface area (Å²) in [6.45, 7) is 5.42. The molecule has 0 aliphatic carbocycles. The highest BCUT2D eigenvalue weighted by atomic mass is 16.5. The molecule has 3 aromatic rings. The largest absolute Gasteiger partial charge is 0.490 e. The zero-order chi connectivity index (χ0) is 17.6.